The fraction of sp³-hybridized carbons (Fsp3) is 0.550. The average Bonchev–Trinajstić information content (AvgIpc) is 3.06. The first kappa shape index (κ1) is 19.5. The number of hydrogen-bond donors (Lipinski definition) is 0. The summed E-state index contributed by atoms with van der Waals surface area (Å²) in [7, 11) is -3.74. The van der Waals surface area contributed by atoms with Crippen LogP contribution < -0.4 is 0 Å². The molecule has 1 spiro atoms. The minimum atomic E-state index is -4.48. The molecule has 3 fully saturated rings. The molecule has 0 aromatic heterocycles. The largest absolute Gasteiger partial charge is 0.416 e. The molecular weight excluding hydrogens is 391 g/mol. The van der Waals surface area contributed by atoms with E-state index in [4.69, 9.17) is 0 Å². The second-order valence-electron chi connectivity index (χ2n) is 8.71. The third kappa shape index (κ3) is 2.64. The predicted octanol–water partition coefficient (Wildman–Crippen LogP) is 4.09. The van der Waals surface area contributed by atoms with E-state index in [1.54, 1.807) is 0 Å². The molecule has 2 aliphatic carbocycles. The maximum Gasteiger partial charge on any atom is 0.416 e. The van der Waals surface area contributed by atoms with Gasteiger partial charge >= 0.3 is 6.18 Å². The molecule has 1 aliphatic heterocycles. The van der Waals surface area contributed by atoms with Crippen molar-refractivity contribution in [2.75, 3.05) is 5.75 Å². The monoisotopic (exact) mass is 413 g/mol. The zero-order valence-corrected chi connectivity index (χ0v) is 16.5. The number of carbonyl (C=O) groups excluding carboxylic acids is 1. The molecule has 3 atom stereocenters. The lowest BCUT2D eigenvalue weighted by Crippen LogP contribution is -2.43. The third-order valence-electron chi connectivity index (χ3n) is 7.26. The molecule has 1 saturated heterocycles. The number of sulfonamides is 1. The lowest BCUT2D eigenvalue weighted by atomic mass is 9.69. The lowest BCUT2D eigenvalue weighted by molar-refractivity contribution is -0.137. The molecule has 2 bridgehead atoms. The van der Waals surface area contributed by atoms with Crippen molar-refractivity contribution in [3.05, 3.63) is 41.5 Å². The van der Waals surface area contributed by atoms with Crippen molar-refractivity contribution in [3.8, 4) is 0 Å². The molecule has 4 nitrogen and oxygen atoms in total. The van der Waals surface area contributed by atoms with Crippen molar-refractivity contribution >= 4 is 22.0 Å². The average molecular weight is 413 g/mol. The summed E-state index contributed by atoms with van der Waals surface area (Å²) < 4.78 is 65.1. The number of amides is 1. The van der Waals surface area contributed by atoms with Crippen LogP contribution in [0.5, 0.6) is 0 Å². The van der Waals surface area contributed by atoms with Crippen LogP contribution in [-0.4, -0.2) is 30.4 Å². The van der Waals surface area contributed by atoms with Crippen LogP contribution in [-0.2, 0) is 21.0 Å². The zero-order chi connectivity index (χ0) is 20.5. The van der Waals surface area contributed by atoms with E-state index in [1.807, 2.05) is 0 Å². The van der Waals surface area contributed by atoms with Crippen molar-refractivity contribution < 1.29 is 26.4 Å². The highest BCUT2D eigenvalue weighted by molar-refractivity contribution is 7.90. The summed E-state index contributed by atoms with van der Waals surface area (Å²) in [4.78, 5) is 12.8. The van der Waals surface area contributed by atoms with Crippen LogP contribution in [0.15, 0.2) is 30.3 Å². The van der Waals surface area contributed by atoms with Gasteiger partial charge in [-0.05, 0) is 54.4 Å². The van der Waals surface area contributed by atoms with Crippen LogP contribution in [0.4, 0.5) is 13.2 Å². The first-order valence-electron chi connectivity index (χ1n) is 9.30. The molecule has 2 saturated carbocycles. The summed E-state index contributed by atoms with van der Waals surface area (Å²) in [5.74, 6) is -0.324. The maximum atomic E-state index is 12.8. The summed E-state index contributed by atoms with van der Waals surface area (Å²) >= 11 is 0. The molecule has 1 amide bonds. The van der Waals surface area contributed by atoms with Crippen molar-refractivity contribution in [1.29, 1.82) is 0 Å². The van der Waals surface area contributed by atoms with Gasteiger partial charge in [0.05, 0.1) is 17.4 Å². The quantitative estimate of drug-likeness (QED) is 0.687. The summed E-state index contributed by atoms with van der Waals surface area (Å²) in [5.41, 5.74) is -1.19. The molecule has 1 heterocycles. The first-order chi connectivity index (χ1) is 12.9. The van der Waals surface area contributed by atoms with Gasteiger partial charge in [0.1, 0.15) is 0 Å². The first-order valence-corrected chi connectivity index (χ1v) is 10.9. The van der Waals surface area contributed by atoms with E-state index in [2.05, 4.69) is 13.8 Å². The topological polar surface area (TPSA) is 54.5 Å². The van der Waals surface area contributed by atoms with Gasteiger partial charge in [-0.2, -0.15) is 13.2 Å². The number of nitrogens with zero attached hydrogens (tertiary/aromatic N) is 1. The summed E-state index contributed by atoms with van der Waals surface area (Å²) in [6.45, 7) is 4.18. The Hall–Kier alpha value is -1.83. The second kappa shape index (κ2) is 5.84. The highest BCUT2D eigenvalue weighted by Crippen LogP contribution is 2.69. The van der Waals surface area contributed by atoms with Crippen LogP contribution in [0.3, 0.4) is 0 Å². The number of carbonyl (C=O) groups is 1. The standard InChI is InChI=1S/C20H22F3NO3S/c1-18(2)14-8-9-19(18)12-28(26,27)24(16(19)11-14)17(25)7-6-13-4-3-5-15(10-13)20(21,22)23/h3-7,10,14,16H,8-9,11-12H2,1-2H3/b7-6+/t14-,16+,19-/m0/s1. The molecule has 4 rings (SSSR count). The molecule has 0 radical (unpaired) electrons. The number of benzene rings is 1. The molecular formula is C20H22F3NO3S. The molecule has 28 heavy (non-hydrogen) atoms. The summed E-state index contributed by atoms with van der Waals surface area (Å²) in [6, 6.07) is 4.23. The Morgan fingerprint density at radius 2 is 2.00 bits per heavy atom. The molecule has 1 aromatic rings. The van der Waals surface area contributed by atoms with E-state index in [1.165, 1.54) is 18.2 Å². The molecule has 8 heteroatoms. The Labute approximate surface area is 162 Å². The van der Waals surface area contributed by atoms with Crippen LogP contribution in [0.25, 0.3) is 6.08 Å². The number of hydrogen-bond acceptors (Lipinski definition) is 3. The van der Waals surface area contributed by atoms with E-state index in [9.17, 15) is 26.4 Å². The van der Waals surface area contributed by atoms with Crippen LogP contribution >= 0.6 is 0 Å². The Balaban J connectivity index is 1.62. The van der Waals surface area contributed by atoms with E-state index >= 15 is 0 Å². The minimum absolute atomic E-state index is 0.0305. The van der Waals surface area contributed by atoms with Gasteiger partial charge in [-0.25, -0.2) is 12.7 Å². The SMILES string of the molecule is CC1(C)[C@H]2CC[C@@]13CS(=O)(=O)N(C(=O)/C=C/c1cccc(C(F)(F)F)c1)[C@@H]3C2. The van der Waals surface area contributed by atoms with Crippen LogP contribution in [0.1, 0.15) is 44.2 Å². The van der Waals surface area contributed by atoms with Gasteiger partial charge in [0.25, 0.3) is 5.91 Å². The highest BCUT2D eigenvalue weighted by atomic mass is 32.2. The second-order valence-corrected chi connectivity index (χ2v) is 10.6. The van der Waals surface area contributed by atoms with E-state index < -0.39 is 33.1 Å². The van der Waals surface area contributed by atoms with Gasteiger partial charge in [-0.15, -0.1) is 0 Å². The van der Waals surface area contributed by atoms with Gasteiger partial charge in [0, 0.05) is 11.5 Å². The fourth-order valence-electron chi connectivity index (χ4n) is 5.64. The van der Waals surface area contributed by atoms with Gasteiger partial charge in [-0.3, -0.25) is 4.79 Å². The molecule has 1 aromatic carbocycles. The van der Waals surface area contributed by atoms with E-state index in [0.717, 1.165) is 35.4 Å². The van der Waals surface area contributed by atoms with Crippen LogP contribution in [0, 0.1) is 16.7 Å². The van der Waals surface area contributed by atoms with Crippen molar-refractivity contribution in [2.45, 2.75) is 45.3 Å². The van der Waals surface area contributed by atoms with Crippen LogP contribution in [0.2, 0.25) is 0 Å². The Bertz CT molecular complexity index is 967. The van der Waals surface area contributed by atoms with Crippen molar-refractivity contribution in [2.24, 2.45) is 16.7 Å². The normalized spacial score (nSPS) is 32.8. The summed E-state index contributed by atoms with van der Waals surface area (Å²) in [6.07, 6.45) is 0.265. The van der Waals surface area contributed by atoms with Gasteiger partial charge in [0.15, 0.2) is 0 Å². The lowest BCUT2D eigenvalue weighted by Gasteiger charge is -2.36. The zero-order valence-electron chi connectivity index (χ0n) is 15.7. The smallest absolute Gasteiger partial charge is 0.269 e. The predicted molar refractivity (Wildman–Crippen MR) is 98.5 cm³/mol. The number of fused-ring (bicyclic) bond motifs is 1. The molecule has 0 N–H and O–H groups in total. The molecule has 0 unspecified atom stereocenters. The fourth-order valence-corrected chi connectivity index (χ4v) is 8.15. The van der Waals surface area contributed by atoms with E-state index in [-0.39, 0.29) is 22.8 Å². The van der Waals surface area contributed by atoms with Gasteiger partial charge < -0.3 is 0 Å². The van der Waals surface area contributed by atoms with Gasteiger partial charge in [0.2, 0.25) is 10.0 Å². The third-order valence-corrected chi connectivity index (χ3v) is 9.17. The Morgan fingerprint density at radius 3 is 2.64 bits per heavy atom. The Morgan fingerprint density at radius 1 is 1.29 bits per heavy atom. The van der Waals surface area contributed by atoms with Crippen molar-refractivity contribution in [1.82, 2.24) is 4.31 Å². The van der Waals surface area contributed by atoms with Crippen molar-refractivity contribution in [3.63, 3.8) is 0 Å². The van der Waals surface area contributed by atoms with Gasteiger partial charge in [-0.1, -0.05) is 26.0 Å². The highest BCUT2D eigenvalue weighted by Gasteiger charge is 2.72. The Kier molecular flexibility index (Phi) is 4.07. The number of halogens is 3. The summed E-state index contributed by atoms with van der Waals surface area (Å²) in [5, 5.41) is 0. The number of alkyl halides is 3. The maximum absolute atomic E-state index is 12.8. The number of rotatable bonds is 2. The molecule has 3 aliphatic rings. The van der Waals surface area contributed by atoms with E-state index in [0.29, 0.717) is 12.3 Å². The minimum Gasteiger partial charge on any atom is -0.269 e. The molecule has 152 valence electrons.